The minimum atomic E-state index is -4.66. The number of benzene rings is 2. The summed E-state index contributed by atoms with van der Waals surface area (Å²) in [5.74, 6) is -2.84. The predicted octanol–water partition coefficient (Wildman–Crippen LogP) is 3.81. The number of rotatable bonds is 5. The van der Waals surface area contributed by atoms with E-state index in [1.165, 1.54) is 36.4 Å². The minimum Gasteiger partial charge on any atom is -0.452 e. The summed E-state index contributed by atoms with van der Waals surface area (Å²) in [6.07, 6.45) is 0.158. The molecule has 2 bridgehead atoms. The molecule has 4 atom stereocenters. The van der Waals surface area contributed by atoms with Crippen LogP contribution >= 0.6 is 0 Å². The van der Waals surface area contributed by atoms with E-state index in [1.807, 2.05) is 12.2 Å². The van der Waals surface area contributed by atoms with Crippen molar-refractivity contribution in [3.8, 4) is 0 Å². The van der Waals surface area contributed by atoms with Crippen LogP contribution in [-0.2, 0) is 25.3 Å². The molecule has 0 radical (unpaired) electrons. The van der Waals surface area contributed by atoms with Gasteiger partial charge < -0.3 is 10.1 Å². The van der Waals surface area contributed by atoms with E-state index in [4.69, 9.17) is 4.74 Å². The zero-order chi connectivity index (χ0) is 24.9. The van der Waals surface area contributed by atoms with Gasteiger partial charge in [-0.05, 0) is 54.7 Å². The number of para-hydroxylation sites is 1. The molecular weight excluding hydrogens is 465 g/mol. The molecule has 5 rings (SSSR count). The first-order valence-electron chi connectivity index (χ1n) is 10.9. The van der Waals surface area contributed by atoms with Crippen LogP contribution in [0, 0.1) is 23.7 Å². The second kappa shape index (κ2) is 8.37. The summed E-state index contributed by atoms with van der Waals surface area (Å²) < 4.78 is 44.1. The van der Waals surface area contributed by atoms with Crippen molar-refractivity contribution in [3.63, 3.8) is 0 Å². The van der Waals surface area contributed by atoms with Crippen molar-refractivity contribution in [2.45, 2.75) is 12.6 Å². The number of esters is 1. The average Bonchev–Trinajstić information content (AvgIpc) is 3.51. The molecule has 2 fully saturated rings. The molecule has 1 heterocycles. The number of halogens is 3. The van der Waals surface area contributed by atoms with Crippen molar-refractivity contribution >= 4 is 35.1 Å². The van der Waals surface area contributed by atoms with Crippen LogP contribution in [0.15, 0.2) is 60.7 Å². The molecule has 3 amide bonds. The lowest BCUT2D eigenvalue weighted by Gasteiger charge is -2.17. The number of ether oxygens (including phenoxy) is 1. The Balaban J connectivity index is 1.20. The van der Waals surface area contributed by atoms with Crippen molar-refractivity contribution in [1.29, 1.82) is 0 Å². The summed E-state index contributed by atoms with van der Waals surface area (Å²) in [5, 5.41) is 2.09. The van der Waals surface area contributed by atoms with Crippen molar-refractivity contribution in [2.24, 2.45) is 23.7 Å². The van der Waals surface area contributed by atoms with Crippen LogP contribution in [0.25, 0.3) is 0 Å². The molecule has 7 nitrogen and oxygen atoms in total. The largest absolute Gasteiger partial charge is 0.452 e. The number of anilines is 2. The summed E-state index contributed by atoms with van der Waals surface area (Å²) in [6, 6.07) is 10.1. The molecule has 2 aromatic carbocycles. The summed E-state index contributed by atoms with van der Waals surface area (Å²) in [6.45, 7) is -0.797. The highest BCUT2D eigenvalue weighted by atomic mass is 19.4. The van der Waals surface area contributed by atoms with Gasteiger partial charge in [0.2, 0.25) is 11.8 Å². The Bertz CT molecular complexity index is 1220. The Labute approximate surface area is 197 Å². The van der Waals surface area contributed by atoms with Crippen molar-refractivity contribution in [1.82, 2.24) is 0 Å². The zero-order valence-electron chi connectivity index (χ0n) is 18.1. The first kappa shape index (κ1) is 22.8. The third-order valence-electron chi connectivity index (χ3n) is 6.67. The molecule has 0 aromatic heterocycles. The Morgan fingerprint density at radius 1 is 0.943 bits per heavy atom. The zero-order valence-corrected chi connectivity index (χ0v) is 18.1. The van der Waals surface area contributed by atoms with Gasteiger partial charge in [-0.1, -0.05) is 24.3 Å². The summed E-state index contributed by atoms with van der Waals surface area (Å²) in [7, 11) is 0. The lowest BCUT2D eigenvalue weighted by Crippen LogP contribution is -2.32. The first-order chi connectivity index (χ1) is 16.6. The fraction of sp³-hybridized carbons (Fsp3) is 0.280. The topological polar surface area (TPSA) is 92.8 Å². The lowest BCUT2D eigenvalue weighted by molar-refractivity contribution is -0.137. The van der Waals surface area contributed by atoms with E-state index >= 15 is 0 Å². The molecule has 35 heavy (non-hydrogen) atoms. The first-order valence-corrected chi connectivity index (χ1v) is 10.9. The predicted molar refractivity (Wildman–Crippen MR) is 117 cm³/mol. The molecule has 180 valence electrons. The molecule has 2 aliphatic carbocycles. The van der Waals surface area contributed by atoms with E-state index < -0.39 is 35.9 Å². The van der Waals surface area contributed by atoms with Crippen molar-refractivity contribution in [2.75, 3.05) is 16.8 Å². The monoisotopic (exact) mass is 484 g/mol. The van der Waals surface area contributed by atoms with E-state index in [2.05, 4.69) is 5.32 Å². The number of nitrogens with one attached hydrogen (secondary N) is 1. The van der Waals surface area contributed by atoms with E-state index in [0.29, 0.717) is 5.69 Å². The number of carbonyl (C=O) groups is 4. The second-order valence-corrected chi connectivity index (χ2v) is 8.73. The van der Waals surface area contributed by atoms with Crippen molar-refractivity contribution < 1.29 is 37.1 Å². The van der Waals surface area contributed by atoms with Gasteiger partial charge in [0, 0.05) is 0 Å². The summed E-state index contributed by atoms with van der Waals surface area (Å²) >= 11 is 0. The van der Waals surface area contributed by atoms with E-state index in [-0.39, 0.29) is 41.0 Å². The molecule has 2 aromatic rings. The average molecular weight is 484 g/mol. The van der Waals surface area contributed by atoms with Gasteiger partial charge in [0.05, 0.1) is 34.3 Å². The molecule has 3 aliphatic rings. The van der Waals surface area contributed by atoms with E-state index in [0.717, 1.165) is 23.5 Å². The third-order valence-corrected chi connectivity index (χ3v) is 6.67. The van der Waals surface area contributed by atoms with Gasteiger partial charge in [-0.2, -0.15) is 13.2 Å². The smallest absolute Gasteiger partial charge is 0.418 e. The fourth-order valence-electron chi connectivity index (χ4n) is 5.14. The van der Waals surface area contributed by atoms with Gasteiger partial charge in [-0.15, -0.1) is 0 Å². The molecule has 1 aliphatic heterocycles. The molecular formula is C25H19F3N2O5. The van der Waals surface area contributed by atoms with Gasteiger partial charge in [-0.3, -0.25) is 19.3 Å². The normalized spacial score (nSPS) is 24.6. The number of nitrogens with zero attached hydrogens (tertiary/aromatic N) is 1. The maximum atomic E-state index is 13.0. The Kier molecular flexibility index (Phi) is 5.46. The maximum Gasteiger partial charge on any atom is 0.418 e. The van der Waals surface area contributed by atoms with Crippen LogP contribution in [0.5, 0.6) is 0 Å². The highest BCUT2D eigenvalue weighted by Crippen LogP contribution is 2.53. The quantitative estimate of drug-likeness (QED) is 0.396. The van der Waals surface area contributed by atoms with E-state index in [9.17, 15) is 32.3 Å². The number of hydrogen-bond acceptors (Lipinski definition) is 5. The second-order valence-electron chi connectivity index (χ2n) is 8.73. The molecule has 0 unspecified atom stereocenters. The maximum absolute atomic E-state index is 13.0. The molecule has 1 saturated carbocycles. The number of alkyl halides is 3. The standard InChI is InChI=1S/C25H19F3N2O5/c26-25(27,28)17-3-1-2-4-18(17)29-19(31)12-35-24(34)13-7-9-16(10-8-13)30-22(32)20-14-5-6-15(11-14)21(20)23(30)33/h1-10,14-15,20-21H,11-12H2,(H,29,31)/t14-,15-,20-,21-/m0/s1. The van der Waals surface area contributed by atoms with Crippen LogP contribution in [0.2, 0.25) is 0 Å². The van der Waals surface area contributed by atoms with Crippen LogP contribution in [0.4, 0.5) is 24.5 Å². The lowest BCUT2D eigenvalue weighted by atomic mass is 9.85. The van der Waals surface area contributed by atoms with Crippen LogP contribution < -0.4 is 10.2 Å². The number of imide groups is 1. The number of amides is 3. The SMILES string of the molecule is O=C(COC(=O)c1ccc(N2C(=O)[C@@H]3[C@@H](C2=O)[C@H]2C=C[C@H]3C2)cc1)Nc1ccccc1C(F)(F)F. The third kappa shape index (κ3) is 3.98. The van der Waals surface area contributed by atoms with Crippen LogP contribution in [-0.4, -0.2) is 30.3 Å². The van der Waals surface area contributed by atoms with E-state index in [1.54, 1.807) is 0 Å². The molecule has 1 saturated heterocycles. The number of carbonyl (C=O) groups excluding carboxylic acids is 4. The van der Waals surface area contributed by atoms with Gasteiger partial charge in [-0.25, -0.2) is 4.79 Å². The van der Waals surface area contributed by atoms with Crippen LogP contribution in [0.1, 0.15) is 22.3 Å². The number of hydrogen-bond donors (Lipinski definition) is 1. The number of fused-ring (bicyclic) bond motifs is 5. The Hall–Kier alpha value is -3.95. The highest BCUT2D eigenvalue weighted by molar-refractivity contribution is 6.22. The molecule has 10 heteroatoms. The highest BCUT2D eigenvalue weighted by Gasteiger charge is 2.59. The Morgan fingerprint density at radius 3 is 2.14 bits per heavy atom. The van der Waals surface area contributed by atoms with Crippen molar-refractivity contribution in [3.05, 3.63) is 71.8 Å². The van der Waals surface area contributed by atoms with Gasteiger partial charge in [0.1, 0.15) is 0 Å². The van der Waals surface area contributed by atoms with Gasteiger partial charge in [0.15, 0.2) is 6.61 Å². The van der Waals surface area contributed by atoms with Gasteiger partial charge >= 0.3 is 12.1 Å². The fourth-order valence-corrected chi connectivity index (χ4v) is 5.14. The minimum absolute atomic E-state index is 0.0540. The summed E-state index contributed by atoms with van der Waals surface area (Å²) in [5.41, 5.74) is -1.07. The Morgan fingerprint density at radius 2 is 1.54 bits per heavy atom. The molecule has 0 spiro atoms. The molecule has 1 N–H and O–H groups in total. The summed E-state index contributed by atoms with van der Waals surface area (Å²) in [4.78, 5) is 51.3. The van der Waals surface area contributed by atoms with Crippen LogP contribution in [0.3, 0.4) is 0 Å². The number of allylic oxidation sites excluding steroid dienone is 2. The van der Waals surface area contributed by atoms with Gasteiger partial charge in [0.25, 0.3) is 5.91 Å².